The molecule has 4 nitrogen and oxygen atoms in total. The molecular weight excluding hydrogens is 310 g/mol. The van der Waals surface area contributed by atoms with Gasteiger partial charge in [0.2, 0.25) is 0 Å². The van der Waals surface area contributed by atoms with Crippen molar-refractivity contribution >= 4 is 17.5 Å². The molecule has 0 saturated heterocycles. The average Bonchev–Trinajstić information content (AvgIpc) is 3.04. The lowest BCUT2D eigenvalue weighted by molar-refractivity contribution is 0.0946. The van der Waals surface area contributed by atoms with E-state index < -0.39 is 0 Å². The van der Waals surface area contributed by atoms with Crippen molar-refractivity contribution in [1.29, 1.82) is 0 Å². The molecule has 0 atom stereocenters. The number of hydrogen-bond acceptors (Lipinski definition) is 2. The van der Waals surface area contributed by atoms with Crippen LogP contribution in [0.25, 0.3) is 11.3 Å². The van der Waals surface area contributed by atoms with Crippen LogP contribution in [-0.2, 0) is 6.54 Å². The third-order valence-corrected chi connectivity index (χ3v) is 3.92. The number of aromatic amines is 1. The van der Waals surface area contributed by atoms with Crippen molar-refractivity contribution in [2.24, 2.45) is 0 Å². The van der Waals surface area contributed by atoms with E-state index in [1.807, 2.05) is 43.3 Å². The highest BCUT2D eigenvalue weighted by Gasteiger charge is 2.11. The molecule has 1 amide bonds. The minimum atomic E-state index is -0.180. The SMILES string of the molecule is Cc1ccccc1CNC(=O)c1cc(-c2ccc(Cl)cc2)n[nH]1. The summed E-state index contributed by atoms with van der Waals surface area (Å²) in [6, 6.07) is 17.0. The monoisotopic (exact) mass is 325 g/mol. The maximum absolute atomic E-state index is 12.2. The Balaban J connectivity index is 1.69. The fourth-order valence-electron chi connectivity index (χ4n) is 2.29. The van der Waals surface area contributed by atoms with Crippen molar-refractivity contribution in [3.63, 3.8) is 0 Å². The van der Waals surface area contributed by atoms with E-state index in [1.54, 1.807) is 18.2 Å². The molecule has 3 rings (SSSR count). The molecule has 0 bridgehead atoms. The van der Waals surface area contributed by atoms with Gasteiger partial charge in [0, 0.05) is 17.1 Å². The second kappa shape index (κ2) is 6.67. The van der Waals surface area contributed by atoms with Gasteiger partial charge in [-0.15, -0.1) is 0 Å². The number of aryl methyl sites for hydroxylation is 1. The zero-order chi connectivity index (χ0) is 16.2. The lowest BCUT2D eigenvalue weighted by Crippen LogP contribution is -2.23. The fourth-order valence-corrected chi connectivity index (χ4v) is 2.41. The quantitative estimate of drug-likeness (QED) is 0.762. The number of aromatic nitrogens is 2. The number of hydrogen-bond donors (Lipinski definition) is 2. The molecule has 0 saturated carbocycles. The molecule has 5 heteroatoms. The lowest BCUT2D eigenvalue weighted by Gasteiger charge is -2.06. The van der Waals surface area contributed by atoms with Crippen LogP contribution < -0.4 is 5.32 Å². The molecule has 116 valence electrons. The van der Waals surface area contributed by atoms with E-state index in [0.717, 1.165) is 16.7 Å². The highest BCUT2D eigenvalue weighted by Crippen LogP contribution is 2.20. The number of H-pyrrole nitrogens is 1. The van der Waals surface area contributed by atoms with E-state index in [4.69, 9.17) is 11.6 Å². The average molecular weight is 326 g/mol. The minimum absolute atomic E-state index is 0.180. The highest BCUT2D eigenvalue weighted by molar-refractivity contribution is 6.30. The topological polar surface area (TPSA) is 57.8 Å². The van der Waals surface area contributed by atoms with Gasteiger partial charge in [-0.05, 0) is 36.2 Å². The van der Waals surface area contributed by atoms with Gasteiger partial charge in [-0.3, -0.25) is 9.89 Å². The molecule has 1 heterocycles. The molecule has 0 aliphatic carbocycles. The Morgan fingerprint density at radius 3 is 2.65 bits per heavy atom. The maximum Gasteiger partial charge on any atom is 0.269 e. The Bertz CT molecular complexity index is 824. The van der Waals surface area contributed by atoms with E-state index >= 15 is 0 Å². The summed E-state index contributed by atoms with van der Waals surface area (Å²) in [5.41, 5.74) is 4.30. The molecule has 0 unspecified atom stereocenters. The summed E-state index contributed by atoms with van der Waals surface area (Å²) in [7, 11) is 0. The van der Waals surface area contributed by atoms with E-state index in [9.17, 15) is 4.79 Å². The number of halogens is 1. The van der Waals surface area contributed by atoms with Crippen LogP contribution >= 0.6 is 11.6 Å². The summed E-state index contributed by atoms with van der Waals surface area (Å²) in [5.74, 6) is -0.180. The van der Waals surface area contributed by atoms with E-state index in [1.165, 1.54) is 0 Å². The number of nitrogens with zero attached hydrogens (tertiary/aromatic N) is 1. The van der Waals surface area contributed by atoms with Gasteiger partial charge in [0.25, 0.3) is 5.91 Å². The summed E-state index contributed by atoms with van der Waals surface area (Å²) >= 11 is 5.87. The zero-order valence-corrected chi connectivity index (χ0v) is 13.4. The smallest absolute Gasteiger partial charge is 0.269 e. The predicted molar refractivity (Wildman–Crippen MR) is 91.4 cm³/mol. The molecule has 3 aromatic rings. The number of rotatable bonds is 4. The van der Waals surface area contributed by atoms with Crippen molar-refractivity contribution < 1.29 is 4.79 Å². The predicted octanol–water partition coefficient (Wildman–Crippen LogP) is 3.97. The number of benzene rings is 2. The van der Waals surface area contributed by atoms with Crippen molar-refractivity contribution in [3.8, 4) is 11.3 Å². The summed E-state index contributed by atoms with van der Waals surface area (Å²) in [4.78, 5) is 12.2. The fraction of sp³-hybridized carbons (Fsp3) is 0.111. The lowest BCUT2D eigenvalue weighted by atomic mass is 10.1. The van der Waals surface area contributed by atoms with Crippen LogP contribution in [0.1, 0.15) is 21.6 Å². The van der Waals surface area contributed by atoms with Crippen LogP contribution in [0.2, 0.25) is 5.02 Å². The van der Waals surface area contributed by atoms with Crippen molar-refractivity contribution in [1.82, 2.24) is 15.5 Å². The van der Waals surface area contributed by atoms with Crippen molar-refractivity contribution in [3.05, 3.63) is 76.4 Å². The van der Waals surface area contributed by atoms with Crippen LogP contribution in [0.4, 0.5) is 0 Å². The normalized spacial score (nSPS) is 10.5. The molecule has 0 aliphatic heterocycles. The Morgan fingerprint density at radius 1 is 1.17 bits per heavy atom. The molecule has 2 N–H and O–H groups in total. The standard InChI is InChI=1S/C18H16ClN3O/c1-12-4-2-3-5-14(12)11-20-18(23)17-10-16(21-22-17)13-6-8-15(19)9-7-13/h2-10H,11H2,1H3,(H,20,23)(H,21,22). The molecule has 0 fully saturated rings. The number of nitrogens with one attached hydrogen (secondary N) is 2. The van der Waals surface area contributed by atoms with Crippen LogP contribution in [-0.4, -0.2) is 16.1 Å². The van der Waals surface area contributed by atoms with Crippen LogP contribution in [0.3, 0.4) is 0 Å². The van der Waals surface area contributed by atoms with Crippen molar-refractivity contribution in [2.75, 3.05) is 0 Å². The molecule has 1 aromatic heterocycles. The van der Waals surface area contributed by atoms with E-state index in [2.05, 4.69) is 15.5 Å². The van der Waals surface area contributed by atoms with Gasteiger partial charge in [-0.1, -0.05) is 48.0 Å². The highest BCUT2D eigenvalue weighted by atomic mass is 35.5. The first-order valence-electron chi connectivity index (χ1n) is 7.27. The Morgan fingerprint density at radius 2 is 1.91 bits per heavy atom. The Kier molecular flexibility index (Phi) is 4.44. The van der Waals surface area contributed by atoms with Crippen LogP contribution in [0, 0.1) is 6.92 Å². The number of carbonyl (C=O) groups is 1. The second-order valence-corrected chi connectivity index (χ2v) is 5.72. The zero-order valence-electron chi connectivity index (χ0n) is 12.6. The van der Waals surface area contributed by atoms with Gasteiger partial charge < -0.3 is 5.32 Å². The van der Waals surface area contributed by atoms with Gasteiger partial charge in [0.05, 0.1) is 5.69 Å². The second-order valence-electron chi connectivity index (χ2n) is 5.28. The van der Waals surface area contributed by atoms with Crippen LogP contribution in [0.5, 0.6) is 0 Å². The Hall–Kier alpha value is -2.59. The largest absolute Gasteiger partial charge is 0.347 e. The van der Waals surface area contributed by atoms with E-state index in [-0.39, 0.29) is 5.91 Å². The van der Waals surface area contributed by atoms with Gasteiger partial charge in [-0.2, -0.15) is 5.10 Å². The van der Waals surface area contributed by atoms with Crippen molar-refractivity contribution in [2.45, 2.75) is 13.5 Å². The first-order valence-corrected chi connectivity index (χ1v) is 7.65. The van der Waals surface area contributed by atoms with Gasteiger partial charge in [0.15, 0.2) is 0 Å². The minimum Gasteiger partial charge on any atom is -0.347 e. The summed E-state index contributed by atoms with van der Waals surface area (Å²) in [6.45, 7) is 2.51. The molecule has 2 aromatic carbocycles. The summed E-state index contributed by atoms with van der Waals surface area (Å²) < 4.78 is 0. The number of carbonyl (C=O) groups excluding carboxylic acids is 1. The molecular formula is C18H16ClN3O. The van der Waals surface area contributed by atoms with Crippen LogP contribution in [0.15, 0.2) is 54.6 Å². The van der Waals surface area contributed by atoms with Gasteiger partial charge in [0.1, 0.15) is 5.69 Å². The Labute approximate surface area is 139 Å². The van der Waals surface area contributed by atoms with Gasteiger partial charge >= 0.3 is 0 Å². The summed E-state index contributed by atoms with van der Waals surface area (Å²) in [6.07, 6.45) is 0. The first kappa shape index (κ1) is 15.3. The first-order chi connectivity index (χ1) is 11.1. The molecule has 0 radical (unpaired) electrons. The number of amides is 1. The molecule has 0 spiro atoms. The molecule has 0 aliphatic rings. The third kappa shape index (κ3) is 3.60. The van der Waals surface area contributed by atoms with E-state index in [0.29, 0.717) is 23.0 Å². The summed E-state index contributed by atoms with van der Waals surface area (Å²) in [5, 5.41) is 10.5. The molecule has 23 heavy (non-hydrogen) atoms. The van der Waals surface area contributed by atoms with Gasteiger partial charge in [-0.25, -0.2) is 0 Å². The third-order valence-electron chi connectivity index (χ3n) is 3.66. The maximum atomic E-state index is 12.2.